The molecular formula is C17H15F3N6O. The lowest BCUT2D eigenvalue weighted by molar-refractivity contribution is -0.137. The van der Waals surface area contributed by atoms with Crippen molar-refractivity contribution in [2.45, 2.75) is 31.1 Å². The Morgan fingerprint density at radius 3 is 2.63 bits per heavy atom. The van der Waals surface area contributed by atoms with Crippen LogP contribution in [0.1, 0.15) is 35.3 Å². The molecule has 0 aromatic carbocycles. The fourth-order valence-electron chi connectivity index (χ4n) is 2.40. The van der Waals surface area contributed by atoms with Gasteiger partial charge in [0.25, 0.3) is 5.91 Å². The van der Waals surface area contributed by atoms with Gasteiger partial charge in [-0.2, -0.15) is 28.5 Å². The number of nitrogens with zero attached hydrogens (tertiary/aromatic N) is 5. The number of carbonyl (C=O) groups excluding carboxylic acids is 1. The van der Waals surface area contributed by atoms with Crippen molar-refractivity contribution in [3.8, 4) is 18.2 Å². The van der Waals surface area contributed by atoms with Gasteiger partial charge in [0.15, 0.2) is 17.2 Å². The molecule has 0 fully saturated rings. The Hall–Kier alpha value is -3.22. The number of carbonyl (C=O) groups is 1. The first-order valence-electron chi connectivity index (χ1n) is 8.08. The second-order valence-corrected chi connectivity index (χ2v) is 5.94. The van der Waals surface area contributed by atoms with Gasteiger partial charge in [-0.3, -0.25) is 4.79 Å². The molecule has 2 aromatic rings. The van der Waals surface area contributed by atoms with Crippen LogP contribution in [0.4, 0.5) is 13.2 Å². The molecule has 10 heteroatoms. The highest BCUT2D eigenvalue weighted by Gasteiger charge is 2.38. The number of alkyl halides is 3. The normalized spacial score (nSPS) is 14.6. The molecule has 1 aliphatic rings. The van der Waals surface area contributed by atoms with Gasteiger partial charge in [-0.25, -0.2) is 9.67 Å². The molecule has 0 saturated carbocycles. The third-order valence-electron chi connectivity index (χ3n) is 4.00. The van der Waals surface area contributed by atoms with E-state index in [1.165, 1.54) is 23.0 Å². The van der Waals surface area contributed by atoms with E-state index in [9.17, 15) is 18.0 Å². The number of aromatic nitrogens is 3. The molecule has 1 aliphatic heterocycles. The van der Waals surface area contributed by atoms with E-state index in [-0.39, 0.29) is 11.5 Å². The number of rotatable bonds is 7. The standard InChI is InChI=1S/C17H15F3N6O/c1-2-3-7-16(24-25-16)8-9-21-15(27)13-6-10-26(23-13)14-5-4-12(11-22-14)17(18,19)20/h1,4-6,10-11H,3,7-9H2,(H,21,27). The highest BCUT2D eigenvalue weighted by Crippen LogP contribution is 2.36. The average molecular weight is 376 g/mol. The molecule has 0 saturated heterocycles. The van der Waals surface area contributed by atoms with Crippen molar-refractivity contribution in [3.63, 3.8) is 0 Å². The molecule has 0 atom stereocenters. The van der Waals surface area contributed by atoms with Crippen LogP contribution in [0.2, 0.25) is 0 Å². The fraction of sp³-hybridized carbons (Fsp3) is 0.353. The summed E-state index contributed by atoms with van der Waals surface area (Å²) in [4.78, 5) is 15.9. The van der Waals surface area contributed by atoms with Gasteiger partial charge in [0.1, 0.15) is 0 Å². The van der Waals surface area contributed by atoms with Crippen LogP contribution < -0.4 is 5.32 Å². The summed E-state index contributed by atoms with van der Waals surface area (Å²) in [5.74, 6) is 2.29. The molecule has 0 spiro atoms. The van der Waals surface area contributed by atoms with E-state index in [1.807, 2.05) is 0 Å². The topological polar surface area (TPSA) is 84.5 Å². The second-order valence-electron chi connectivity index (χ2n) is 5.94. The van der Waals surface area contributed by atoms with Crippen LogP contribution in [0.25, 0.3) is 5.82 Å². The van der Waals surface area contributed by atoms with Gasteiger partial charge in [-0.1, -0.05) is 0 Å². The third kappa shape index (κ3) is 4.49. The van der Waals surface area contributed by atoms with Crippen molar-refractivity contribution in [2.75, 3.05) is 6.54 Å². The minimum Gasteiger partial charge on any atom is -0.350 e. The van der Waals surface area contributed by atoms with Gasteiger partial charge in [0.05, 0.1) is 5.56 Å². The predicted molar refractivity (Wildman–Crippen MR) is 89.0 cm³/mol. The Morgan fingerprint density at radius 1 is 1.26 bits per heavy atom. The summed E-state index contributed by atoms with van der Waals surface area (Å²) in [6, 6.07) is 3.54. The monoisotopic (exact) mass is 376 g/mol. The number of pyridine rings is 1. The zero-order valence-electron chi connectivity index (χ0n) is 14.1. The second kappa shape index (κ2) is 7.19. The number of hydrogen-bond acceptors (Lipinski definition) is 5. The van der Waals surface area contributed by atoms with Crippen molar-refractivity contribution in [2.24, 2.45) is 10.2 Å². The molecule has 2 aromatic heterocycles. The van der Waals surface area contributed by atoms with E-state index in [4.69, 9.17) is 6.42 Å². The molecule has 1 amide bonds. The van der Waals surface area contributed by atoms with Crippen LogP contribution in [0.5, 0.6) is 0 Å². The van der Waals surface area contributed by atoms with Crippen LogP contribution in [-0.2, 0) is 6.18 Å². The zero-order valence-corrected chi connectivity index (χ0v) is 14.1. The molecule has 3 heterocycles. The van der Waals surface area contributed by atoms with Crippen molar-refractivity contribution in [1.29, 1.82) is 0 Å². The van der Waals surface area contributed by atoms with Gasteiger partial charge >= 0.3 is 6.18 Å². The first kappa shape index (κ1) is 18.6. The average Bonchev–Trinajstić information content (AvgIpc) is 3.23. The lowest BCUT2D eigenvalue weighted by Gasteiger charge is -2.09. The predicted octanol–water partition coefficient (Wildman–Crippen LogP) is 2.98. The fourth-order valence-corrected chi connectivity index (χ4v) is 2.40. The number of terminal acetylenes is 1. The van der Waals surface area contributed by atoms with Crippen LogP contribution >= 0.6 is 0 Å². The maximum absolute atomic E-state index is 12.6. The summed E-state index contributed by atoms with van der Waals surface area (Å²) in [7, 11) is 0. The summed E-state index contributed by atoms with van der Waals surface area (Å²) in [6.45, 7) is 0.349. The smallest absolute Gasteiger partial charge is 0.350 e. The highest BCUT2D eigenvalue weighted by molar-refractivity contribution is 5.92. The van der Waals surface area contributed by atoms with Gasteiger partial charge in [-0.05, 0) is 18.2 Å². The van der Waals surface area contributed by atoms with Crippen molar-refractivity contribution < 1.29 is 18.0 Å². The molecule has 0 bridgehead atoms. The minimum absolute atomic E-state index is 0.124. The summed E-state index contributed by atoms with van der Waals surface area (Å²) >= 11 is 0. The molecule has 0 unspecified atom stereocenters. The van der Waals surface area contributed by atoms with E-state index in [2.05, 4.69) is 31.5 Å². The van der Waals surface area contributed by atoms with E-state index in [0.29, 0.717) is 25.8 Å². The van der Waals surface area contributed by atoms with E-state index >= 15 is 0 Å². The van der Waals surface area contributed by atoms with Gasteiger partial charge < -0.3 is 5.32 Å². The molecule has 27 heavy (non-hydrogen) atoms. The Balaban J connectivity index is 1.56. The maximum atomic E-state index is 12.6. The molecular weight excluding hydrogens is 361 g/mol. The van der Waals surface area contributed by atoms with Gasteiger partial charge in [0.2, 0.25) is 0 Å². The molecule has 140 valence electrons. The SMILES string of the molecule is C#CCCC1(CCNC(=O)c2ccn(-c3ccc(C(F)(F)F)cn3)n2)N=N1. The lowest BCUT2D eigenvalue weighted by Crippen LogP contribution is -2.28. The highest BCUT2D eigenvalue weighted by atomic mass is 19.4. The van der Waals surface area contributed by atoms with Gasteiger partial charge in [-0.15, -0.1) is 12.3 Å². The molecule has 0 radical (unpaired) electrons. The molecule has 3 rings (SSSR count). The maximum Gasteiger partial charge on any atom is 0.417 e. The van der Waals surface area contributed by atoms with Crippen molar-refractivity contribution in [3.05, 3.63) is 41.9 Å². The Kier molecular flexibility index (Phi) is 4.94. The Morgan fingerprint density at radius 2 is 2.04 bits per heavy atom. The van der Waals surface area contributed by atoms with Crippen LogP contribution in [0.15, 0.2) is 40.8 Å². The number of halogens is 3. The molecule has 7 nitrogen and oxygen atoms in total. The van der Waals surface area contributed by atoms with Crippen molar-refractivity contribution in [1.82, 2.24) is 20.1 Å². The van der Waals surface area contributed by atoms with E-state index < -0.39 is 23.3 Å². The quantitative estimate of drug-likeness (QED) is 0.754. The number of hydrogen-bond donors (Lipinski definition) is 1. The summed E-state index contributed by atoms with van der Waals surface area (Å²) in [6.07, 6.45) is 4.68. The minimum atomic E-state index is -4.46. The first-order valence-corrected chi connectivity index (χ1v) is 8.08. The van der Waals surface area contributed by atoms with Crippen LogP contribution in [-0.4, -0.2) is 32.9 Å². The van der Waals surface area contributed by atoms with Gasteiger partial charge in [0, 0.05) is 38.2 Å². The van der Waals surface area contributed by atoms with Crippen LogP contribution in [0.3, 0.4) is 0 Å². The van der Waals surface area contributed by atoms with E-state index in [1.54, 1.807) is 0 Å². The molecule has 0 aliphatic carbocycles. The Labute approximate surface area is 152 Å². The summed E-state index contributed by atoms with van der Waals surface area (Å²) < 4.78 is 38.9. The van der Waals surface area contributed by atoms with Crippen LogP contribution in [0, 0.1) is 12.3 Å². The van der Waals surface area contributed by atoms with Crippen molar-refractivity contribution >= 4 is 5.91 Å². The summed E-state index contributed by atoms with van der Waals surface area (Å²) in [5.41, 5.74) is -1.21. The third-order valence-corrected chi connectivity index (χ3v) is 4.00. The summed E-state index contributed by atoms with van der Waals surface area (Å²) in [5, 5.41) is 14.7. The molecule has 1 N–H and O–H groups in total. The first-order chi connectivity index (χ1) is 12.8. The number of nitrogens with one attached hydrogen (secondary N) is 1. The lowest BCUT2D eigenvalue weighted by atomic mass is 10.0. The van der Waals surface area contributed by atoms with E-state index in [0.717, 1.165) is 12.3 Å². The Bertz CT molecular complexity index is 889. The largest absolute Gasteiger partial charge is 0.417 e. The number of amides is 1. The zero-order chi connectivity index (χ0) is 19.5.